The van der Waals surface area contributed by atoms with Crippen LogP contribution in [0.15, 0.2) is 30.3 Å². The molecular weight excluding hydrogens is 230 g/mol. The van der Waals surface area contributed by atoms with E-state index in [1.165, 1.54) is 6.92 Å². The van der Waals surface area contributed by atoms with E-state index in [-0.39, 0.29) is 11.8 Å². The number of Topliss-reactive ketones (excluding diaryl/α,β-unsaturated/α-hetero) is 1. The van der Waals surface area contributed by atoms with Gasteiger partial charge in [-0.15, -0.1) is 0 Å². The van der Waals surface area contributed by atoms with Crippen molar-refractivity contribution in [2.45, 2.75) is 31.9 Å². The Labute approximate surface area is 106 Å². The molecule has 1 aliphatic rings. The van der Waals surface area contributed by atoms with Crippen LogP contribution in [0.2, 0.25) is 0 Å². The van der Waals surface area contributed by atoms with Gasteiger partial charge in [0.25, 0.3) is 0 Å². The molecule has 0 spiro atoms. The number of hydrogen-bond donors (Lipinski definition) is 1. The lowest BCUT2D eigenvalue weighted by atomic mass is 9.87. The minimum absolute atomic E-state index is 0.00216. The van der Waals surface area contributed by atoms with Crippen molar-refractivity contribution in [3.8, 4) is 0 Å². The maximum atomic E-state index is 12.1. The zero-order chi connectivity index (χ0) is 13.2. The Kier molecular flexibility index (Phi) is 3.48. The fourth-order valence-electron chi connectivity index (χ4n) is 2.22. The highest BCUT2D eigenvalue weighted by Crippen LogP contribution is 2.27. The summed E-state index contributed by atoms with van der Waals surface area (Å²) in [6.45, 7) is 3.33. The van der Waals surface area contributed by atoms with E-state index >= 15 is 0 Å². The van der Waals surface area contributed by atoms with Crippen LogP contribution < -0.4 is 5.32 Å². The van der Waals surface area contributed by atoms with Crippen molar-refractivity contribution in [3.05, 3.63) is 35.9 Å². The highest BCUT2D eigenvalue weighted by atomic mass is 16.6. The van der Waals surface area contributed by atoms with Crippen LogP contribution in [0, 0.1) is 0 Å². The topological polar surface area (TPSA) is 55.4 Å². The lowest BCUT2D eigenvalue weighted by Gasteiger charge is -2.36. The van der Waals surface area contributed by atoms with Gasteiger partial charge in [-0.25, -0.2) is 0 Å². The van der Waals surface area contributed by atoms with Crippen LogP contribution in [0.1, 0.15) is 31.9 Å². The fraction of sp³-hybridized carbons (Fsp3) is 0.429. The van der Waals surface area contributed by atoms with E-state index < -0.39 is 11.6 Å². The number of carbonyl (C=O) groups excluding carboxylic acids is 2. The summed E-state index contributed by atoms with van der Waals surface area (Å²) in [5.74, 6) is -0.462. The van der Waals surface area contributed by atoms with Gasteiger partial charge < -0.3 is 10.1 Å². The van der Waals surface area contributed by atoms with Crippen LogP contribution in [0.5, 0.6) is 0 Å². The normalized spacial score (nSPS) is 27.9. The zero-order valence-corrected chi connectivity index (χ0v) is 10.6. The first kappa shape index (κ1) is 12.8. The Hall–Kier alpha value is -1.68. The number of carbonyl (C=O) groups is 2. The van der Waals surface area contributed by atoms with Gasteiger partial charge in [-0.1, -0.05) is 30.3 Å². The largest absolute Gasteiger partial charge is 0.450 e. The molecule has 1 fully saturated rings. The number of piperidine rings is 1. The molecule has 1 saturated heterocycles. The molecule has 0 radical (unpaired) electrons. The third-order valence-electron chi connectivity index (χ3n) is 3.24. The molecule has 1 N–H and O–H groups in total. The number of hydrogen-bond acceptors (Lipinski definition) is 4. The van der Waals surface area contributed by atoms with Crippen molar-refractivity contribution in [1.29, 1.82) is 0 Å². The van der Waals surface area contributed by atoms with Gasteiger partial charge in [0.1, 0.15) is 0 Å². The van der Waals surface area contributed by atoms with Crippen molar-refractivity contribution in [1.82, 2.24) is 5.32 Å². The second-order valence-corrected chi connectivity index (χ2v) is 4.80. The predicted molar refractivity (Wildman–Crippen MR) is 67.0 cm³/mol. The lowest BCUT2D eigenvalue weighted by Crippen LogP contribution is -2.54. The van der Waals surface area contributed by atoms with E-state index in [4.69, 9.17) is 4.74 Å². The van der Waals surface area contributed by atoms with E-state index in [1.807, 2.05) is 30.3 Å². The Morgan fingerprint density at radius 1 is 1.39 bits per heavy atom. The number of nitrogens with one attached hydrogen (secondary N) is 1. The van der Waals surface area contributed by atoms with E-state index in [0.29, 0.717) is 13.0 Å². The Morgan fingerprint density at radius 3 is 2.61 bits per heavy atom. The van der Waals surface area contributed by atoms with E-state index in [2.05, 4.69) is 5.32 Å². The Morgan fingerprint density at radius 2 is 2.06 bits per heavy atom. The SMILES string of the molecule is CC(=O)OC1(C)CNC(c2ccccc2)CC1=O. The van der Waals surface area contributed by atoms with Crippen LogP contribution in [0.4, 0.5) is 0 Å². The van der Waals surface area contributed by atoms with Gasteiger partial charge in [0, 0.05) is 25.9 Å². The lowest BCUT2D eigenvalue weighted by molar-refractivity contribution is -0.165. The van der Waals surface area contributed by atoms with Crippen LogP contribution in [0.25, 0.3) is 0 Å². The van der Waals surface area contributed by atoms with Gasteiger partial charge in [-0.3, -0.25) is 9.59 Å². The first-order valence-electron chi connectivity index (χ1n) is 6.02. The molecule has 4 nitrogen and oxygen atoms in total. The van der Waals surface area contributed by atoms with Crippen LogP contribution in [-0.2, 0) is 14.3 Å². The number of benzene rings is 1. The van der Waals surface area contributed by atoms with Crippen molar-refractivity contribution in [2.75, 3.05) is 6.54 Å². The van der Waals surface area contributed by atoms with Crippen LogP contribution >= 0.6 is 0 Å². The maximum absolute atomic E-state index is 12.1. The van der Waals surface area contributed by atoms with E-state index in [0.717, 1.165) is 5.56 Å². The minimum Gasteiger partial charge on any atom is -0.450 e. The molecule has 4 heteroatoms. The molecule has 18 heavy (non-hydrogen) atoms. The van der Waals surface area contributed by atoms with E-state index in [9.17, 15) is 9.59 Å². The number of rotatable bonds is 2. The third-order valence-corrected chi connectivity index (χ3v) is 3.24. The summed E-state index contributed by atoms with van der Waals surface area (Å²) in [7, 11) is 0. The first-order valence-corrected chi connectivity index (χ1v) is 6.02. The molecule has 2 rings (SSSR count). The highest BCUT2D eigenvalue weighted by molar-refractivity contribution is 5.90. The monoisotopic (exact) mass is 247 g/mol. The van der Waals surface area contributed by atoms with Crippen LogP contribution in [0.3, 0.4) is 0 Å². The Balaban J connectivity index is 2.09. The van der Waals surface area contributed by atoms with Crippen molar-refractivity contribution in [3.63, 3.8) is 0 Å². The molecule has 0 saturated carbocycles. The average molecular weight is 247 g/mol. The molecular formula is C14H17NO3. The van der Waals surface area contributed by atoms with Gasteiger partial charge in [-0.05, 0) is 12.5 Å². The molecule has 0 aliphatic carbocycles. The summed E-state index contributed by atoms with van der Waals surface area (Å²) >= 11 is 0. The van der Waals surface area contributed by atoms with Gasteiger partial charge in [0.2, 0.25) is 0 Å². The highest BCUT2D eigenvalue weighted by Gasteiger charge is 2.41. The standard InChI is InChI=1S/C14H17NO3/c1-10(16)18-14(2)9-15-12(8-13(14)17)11-6-4-3-5-7-11/h3-7,12,15H,8-9H2,1-2H3. The molecule has 2 atom stereocenters. The Bertz CT molecular complexity index is 457. The maximum Gasteiger partial charge on any atom is 0.303 e. The first-order chi connectivity index (χ1) is 8.51. The van der Waals surface area contributed by atoms with Gasteiger partial charge >= 0.3 is 5.97 Å². The predicted octanol–water partition coefficient (Wildman–Crippen LogP) is 1.61. The second-order valence-electron chi connectivity index (χ2n) is 4.80. The molecule has 1 aliphatic heterocycles. The van der Waals surface area contributed by atoms with Gasteiger partial charge in [-0.2, -0.15) is 0 Å². The van der Waals surface area contributed by atoms with Crippen LogP contribution in [-0.4, -0.2) is 23.9 Å². The molecule has 0 bridgehead atoms. The fourth-order valence-corrected chi connectivity index (χ4v) is 2.22. The molecule has 1 aromatic carbocycles. The molecule has 0 amide bonds. The summed E-state index contributed by atoms with van der Waals surface area (Å²) in [4.78, 5) is 23.1. The number of ketones is 1. The summed E-state index contributed by atoms with van der Waals surface area (Å²) in [6, 6.07) is 9.81. The molecule has 96 valence electrons. The third kappa shape index (κ3) is 2.59. The van der Waals surface area contributed by atoms with Gasteiger partial charge in [0.15, 0.2) is 11.4 Å². The zero-order valence-electron chi connectivity index (χ0n) is 10.6. The summed E-state index contributed by atoms with van der Waals surface area (Å²) in [5.41, 5.74) is 0.0487. The summed E-state index contributed by atoms with van der Waals surface area (Å²) in [5, 5.41) is 3.26. The smallest absolute Gasteiger partial charge is 0.303 e. The van der Waals surface area contributed by atoms with Gasteiger partial charge in [0.05, 0.1) is 0 Å². The summed E-state index contributed by atoms with van der Waals surface area (Å²) < 4.78 is 5.12. The minimum atomic E-state index is -1.03. The number of esters is 1. The quantitative estimate of drug-likeness (QED) is 0.807. The second kappa shape index (κ2) is 4.90. The summed E-state index contributed by atoms with van der Waals surface area (Å²) in [6.07, 6.45) is 0.341. The molecule has 0 aromatic heterocycles. The molecule has 2 unspecified atom stereocenters. The van der Waals surface area contributed by atoms with Crippen molar-refractivity contribution in [2.24, 2.45) is 0 Å². The molecule has 1 heterocycles. The number of ether oxygens (including phenoxy) is 1. The van der Waals surface area contributed by atoms with E-state index in [1.54, 1.807) is 6.92 Å². The van der Waals surface area contributed by atoms with Crippen molar-refractivity contribution < 1.29 is 14.3 Å². The van der Waals surface area contributed by atoms with Crippen molar-refractivity contribution >= 4 is 11.8 Å². The molecule has 1 aromatic rings. The average Bonchev–Trinajstić information content (AvgIpc) is 2.33.